The van der Waals surface area contributed by atoms with E-state index in [9.17, 15) is 4.79 Å². The molecule has 0 aliphatic heterocycles. The SMILES string of the molecule is CN=C(NCCc1c[nH]c2cccc(C)c12)NCC(=O)OC(C)(C)C.I. The predicted octanol–water partition coefficient (Wildman–Crippen LogP) is 3.14. The van der Waals surface area contributed by atoms with Gasteiger partial charge in [-0.05, 0) is 51.3 Å². The van der Waals surface area contributed by atoms with Gasteiger partial charge in [-0.3, -0.25) is 9.79 Å². The number of nitrogens with zero attached hydrogens (tertiary/aromatic N) is 1. The van der Waals surface area contributed by atoms with E-state index in [1.165, 1.54) is 16.5 Å². The van der Waals surface area contributed by atoms with E-state index in [1.807, 2.05) is 20.8 Å². The molecule has 0 aliphatic rings. The summed E-state index contributed by atoms with van der Waals surface area (Å²) < 4.78 is 5.27. The van der Waals surface area contributed by atoms with Gasteiger partial charge in [-0.1, -0.05) is 12.1 Å². The number of carbonyl (C=O) groups is 1. The van der Waals surface area contributed by atoms with Crippen molar-refractivity contribution in [2.75, 3.05) is 20.1 Å². The first-order valence-corrected chi connectivity index (χ1v) is 8.52. The van der Waals surface area contributed by atoms with E-state index in [1.54, 1.807) is 7.05 Å². The summed E-state index contributed by atoms with van der Waals surface area (Å²) in [6, 6.07) is 6.26. The van der Waals surface area contributed by atoms with E-state index in [0.29, 0.717) is 5.96 Å². The van der Waals surface area contributed by atoms with E-state index in [0.717, 1.165) is 18.5 Å². The number of halogens is 1. The third kappa shape index (κ3) is 6.51. The number of aromatic amines is 1. The molecule has 2 rings (SSSR count). The number of H-pyrrole nitrogens is 1. The van der Waals surface area contributed by atoms with Gasteiger partial charge in [-0.25, -0.2) is 0 Å². The highest BCUT2D eigenvalue weighted by molar-refractivity contribution is 14.0. The van der Waals surface area contributed by atoms with E-state index in [2.05, 4.69) is 51.9 Å². The Hall–Kier alpha value is -1.77. The molecule has 1 aromatic heterocycles. The molecule has 2 aromatic rings. The lowest BCUT2D eigenvalue weighted by molar-refractivity contribution is -0.153. The van der Waals surface area contributed by atoms with Gasteiger partial charge in [0.25, 0.3) is 0 Å². The summed E-state index contributed by atoms with van der Waals surface area (Å²) in [6.07, 6.45) is 2.91. The van der Waals surface area contributed by atoms with Gasteiger partial charge < -0.3 is 20.4 Å². The first-order valence-electron chi connectivity index (χ1n) is 8.52. The van der Waals surface area contributed by atoms with Crippen molar-refractivity contribution in [1.29, 1.82) is 0 Å². The molecule has 0 aliphatic carbocycles. The molecular weight excluding hydrogens is 443 g/mol. The highest BCUT2D eigenvalue weighted by Crippen LogP contribution is 2.22. The van der Waals surface area contributed by atoms with Crippen LogP contribution in [-0.2, 0) is 16.0 Å². The van der Waals surface area contributed by atoms with Gasteiger partial charge in [0.15, 0.2) is 5.96 Å². The van der Waals surface area contributed by atoms with Gasteiger partial charge >= 0.3 is 5.97 Å². The first kappa shape index (κ1) is 22.3. The molecule has 1 aromatic carbocycles. The Bertz CT molecular complexity index is 762. The second-order valence-corrected chi connectivity index (χ2v) is 7.00. The molecule has 0 amide bonds. The summed E-state index contributed by atoms with van der Waals surface area (Å²) in [5, 5.41) is 7.48. The molecule has 144 valence electrons. The zero-order valence-electron chi connectivity index (χ0n) is 16.1. The van der Waals surface area contributed by atoms with Crippen LogP contribution in [0.3, 0.4) is 0 Å². The van der Waals surface area contributed by atoms with Gasteiger partial charge in [0, 0.05) is 30.7 Å². The highest BCUT2D eigenvalue weighted by atomic mass is 127. The highest BCUT2D eigenvalue weighted by Gasteiger charge is 2.16. The summed E-state index contributed by atoms with van der Waals surface area (Å²) in [4.78, 5) is 19.2. The van der Waals surface area contributed by atoms with Crippen molar-refractivity contribution in [2.45, 2.75) is 39.7 Å². The standard InChI is InChI=1S/C19H28N4O2.HI/c1-13-7-6-8-15-17(13)14(11-22-15)9-10-21-18(20-5)23-12-16(24)25-19(2,3)4;/h6-8,11,22H,9-10,12H2,1-5H3,(H2,20,21,23);1H. The largest absolute Gasteiger partial charge is 0.459 e. The Morgan fingerprint density at radius 3 is 2.65 bits per heavy atom. The zero-order chi connectivity index (χ0) is 18.4. The topological polar surface area (TPSA) is 78.5 Å². The minimum Gasteiger partial charge on any atom is -0.459 e. The lowest BCUT2D eigenvalue weighted by Crippen LogP contribution is -2.42. The van der Waals surface area contributed by atoms with Crippen LogP contribution in [0.5, 0.6) is 0 Å². The lowest BCUT2D eigenvalue weighted by atomic mass is 10.1. The average Bonchev–Trinajstić information content (AvgIpc) is 2.93. The number of ether oxygens (including phenoxy) is 1. The minimum atomic E-state index is -0.483. The molecule has 0 saturated carbocycles. The second kappa shape index (κ2) is 9.80. The molecule has 0 bridgehead atoms. The Labute approximate surface area is 172 Å². The average molecular weight is 472 g/mol. The van der Waals surface area contributed by atoms with Crippen LogP contribution in [0, 0.1) is 6.92 Å². The number of aromatic nitrogens is 1. The molecule has 1 heterocycles. The zero-order valence-corrected chi connectivity index (χ0v) is 18.4. The maximum atomic E-state index is 11.8. The van der Waals surface area contributed by atoms with Crippen molar-refractivity contribution in [1.82, 2.24) is 15.6 Å². The number of aryl methyl sites for hydroxylation is 1. The smallest absolute Gasteiger partial charge is 0.325 e. The number of carbonyl (C=O) groups excluding carboxylic acids is 1. The van der Waals surface area contributed by atoms with E-state index in [-0.39, 0.29) is 36.5 Å². The fourth-order valence-electron chi connectivity index (χ4n) is 2.72. The van der Waals surface area contributed by atoms with Crippen molar-refractivity contribution in [3.63, 3.8) is 0 Å². The number of hydrogen-bond acceptors (Lipinski definition) is 3. The Morgan fingerprint density at radius 1 is 1.27 bits per heavy atom. The number of benzene rings is 1. The van der Waals surface area contributed by atoms with Crippen molar-refractivity contribution in [3.05, 3.63) is 35.5 Å². The summed E-state index contributed by atoms with van der Waals surface area (Å²) >= 11 is 0. The normalized spacial score (nSPS) is 11.8. The quantitative estimate of drug-likeness (QED) is 0.271. The van der Waals surface area contributed by atoms with Gasteiger partial charge in [0.1, 0.15) is 12.1 Å². The maximum Gasteiger partial charge on any atom is 0.325 e. The number of guanidine groups is 1. The van der Waals surface area contributed by atoms with Gasteiger partial charge in [-0.2, -0.15) is 0 Å². The Kier molecular flexibility index (Phi) is 8.39. The predicted molar refractivity (Wildman–Crippen MR) is 117 cm³/mol. The summed E-state index contributed by atoms with van der Waals surface area (Å²) in [7, 11) is 1.68. The van der Waals surface area contributed by atoms with E-state index < -0.39 is 5.60 Å². The maximum absolute atomic E-state index is 11.8. The van der Waals surface area contributed by atoms with Crippen LogP contribution in [0.1, 0.15) is 31.9 Å². The number of nitrogens with one attached hydrogen (secondary N) is 3. The van der Waals surface area contributed by atoms with Crippen LogP contribution < -0.4 is 10.6 Å². The van der Waals surface area contributed by atoms with E-state index in [4.69, 9.17) is 4.74 Å². The molecule has 0 unspecified atom stereocenters. The van der Waals surface area contributed by atoms with Crippen LogP contribution in [0.25, 0.3) is 10.9 Å². The summed E-state index contributed by atoms with van der Waals surface area (Å²) in [6.45, 7) is 8.47. The molecule has 0 spiro atoms. The van der Waals surface area contributed by atoms with Crippen molar-refractivity contribution in [2.24, 2.45) is 4.99 Å². The molecule has 26 heavy (non-hydrogen) atoms. The van der Waals surface area contributed by atoms with Crippen LogP contribution in [0.15, 0.2) is 29.4 Å². The van der Waals surface area contributed by atoms with E-state index >= 15 is 0 Å². The minimum absolute atomic E-state index is 0. The van der Waals surface area contributed by atoms with Gasteiger partial charge in [0.2, 0.25) is 0 Å². The molecule has 6 nitrogen and oxygen atoms in total. The number of aliphatic imine (C=N–C) groups is 1. The molecule has 0 fully saturated rings. The molecule has 7 heteroatoms. The van der Waals surface area contributed by atoms with Crippen LogP contribution in [0.4, 0.5) is 0 Å². The number of rotatable bonds is 5. The summed E-state index contributed by atoms with van der Waals surface area (Å²) in [5.41, 5.74) is 3.20. The lowest BCUT2D eigenvalue weighted by Gasteiger charge is -2.20. The van der Waals surface area contributed by atoms with Crippen molar-refractivity contribution >= 4 is 46.8 Å². The van der Waals surface area contributed by atoms with Gasteiger partial charge in [0.05, 0.1) is 0 Å². The molecule has 0 radical (unpaired) electrons. The van der Waals surface area contributed by atoms with Gasteiger partial charge in [-0.15, -0.1) is 24.0 Å². The number of fused-ring (bicyclic) bond motifs is 1. The third-order valence-corrected chi connectivity index (χ3v) is 3.73. The second-order valence-electron chi connectivity index (χ2n) is 7.00. The number of esters is 1. The Balaban J connectivity index is 0.00000338. The molecular formula is C19H29IN4O2. The third-order valence-electron chi connectivity index (χ3n) is 3.73. The fraction of sp³-hybridized carbons (Fsp3) is 0.474. The summed E-state index contributed by atoms with van der Waals surface area (Å²) in [5.74, 6) is 0.283. The molecule has 0 saturated heterocycles. The Morgan fingerprint density at radius 2 is 2.00 bits per heavy atom. The molecule has 0 atom stereocenters. The number of hydrogen-bond donors (Lipinski definition) is 3. The monoisotopic (exact) mass is 472 g/mol. The van der Waals surface area contributed by atoms with Crippen LogP contribution >= 0.6 is 24.0 Å². The fourth-order valence-corrected chi connectivity index (χ4v) is 2.72. The van der Waals surface area contributed by atoms with Crippen molar-refractivity contribution in [3.8, 4) is 0 Å². The van der Waals surface area contributed by atoms with Crippen LogP contribution in [-0.4, -0.2) is 42.7 Å². The van der Waals surface area contributed by atoms with Crippen LogP contribution in [0.2, 0.25) is 0 Å². The van der Waals surface area contributed by atoms with Crippen molar-refractivity contribution < 1.29 is 9.53 Å². The molecule has 3 N–H and O–H groups in total. The first-order chi connectivity index (χ1) is 11.8.